The Morgan fingerprint density at radius 2 is 1.50 bits per heavy atom. The topological polar surface area (TPSA) is 12.0 Å². The Bertz CT molecular complexity index is 60.3. The summed E-state index contributed by atoms with van der Waals surface area (Å²) in [5.74, 6) is 0. The van der Waals surface area contributed by atoms with Crippen LogP contribution in [0.4, 0.5) is 0 Å². The first-order chi connectivity index (χ1) is 4.20. The van der Waals surface area contributed by atoms with Crippen LogP contribution in [0, 0.1) is 0 Å². The zero-order chi connectivity index (χ0) is 7.28. The molecule has 0 amide bonds. The van der Waals surface area contributed by atoms with Crippen molar-refractivity contribution < 1.29 is 0 Å². The molecule has 10 heavy (non-hydrogen) atoms. The summed E-state index contributed by atoms with van der Waals surface area (Å²) < 4.78 is 0. The maximum atomic E-state index is 3.48. The van der Waals surface area contributed by atoms with Crippen LogP contribution in [0.15, 0.2) is 0 Å². The zero-order valence-corrected chi connectivity index (χ0v) is 8.29. The van der Waals surface area contributed by atoms with E-state index in [2.05, 4.69) is 33.0 Å². The standard InChI is InChI=1S/C8H19N.ClH/c1-5-8(6-2)9-7(3)4;/h7-9H,5-6H2,1-4H3;1H. The fourth-order valence-corrected chi connectivity index (χ4v) is 0.996. The molecule has 0 rings (SSSR count). The minimum Gasteiger partial charge on any atom is -0.312 e. The van der Waals surface area contributed by atoms with Crippen molar-refractivity contribution in [3.05, 3.63) is 0 Å². The molecule has 0 fully saturated rings. The molecule has 0 radical (unpaired) electrons. The third-order valence-corrected chi connectivity index (χ3v) is 1.55. The molecule has 0 saturated carbocycles. The van der Waals surface area contributed by atoms with Crippen molar-refractivity contribution in [1.82, 2.24) is 5.32 Å². The van der Waals surface area contributed by atoms with Gasteiger partial charge in [-0.25, -0.2) is 0 Å². The van der Waals surface area contributed by atoms with Gasteiger partial charge in [-0.1, -0.05) is 27.7 Å². The van der Waals surface area contributed by atoms with Gasteiger partial charge in [0, 0.05) is 12.1 Å². The molecule has 0 aromatic heterocycles. The van der Waals surface area contributed by atoms with Crippen molar-refractivity contribution in [2.45, 2.75) is 52.6 Å². The highest BCUT2D eigenvalue weighted by atomic mass is 35.5. The van der Waals surface area contributed by atoms with Crippen molar-refractivity contribution in [2.24, 2.45) is 0 Å². The molecule has 0 aromatic rings. The van der Waals surface area contributed by atoms with E-state index >= 15 is 0 Å². The van der Waals surface area contributed by atoms with Crippen molar-refractivity contribution in [3.63, 3.8) is 0 Å². The second-order valence-electron chi connectivity index (χ2n) is 2.83. The third-order valence-electron chi connectivity index (χ3n) is 1.55. The van der Waals surface area contributed by atoms with Gasteiger partial charge < -0.3 is 5.32 Å². The third kappa shape index (κ3) is 6.37. The molecule has 0 atom stereocenters. The van der Waals surface area contributed by atoms with Crippen LogP contribution in [-0.4, -0.2) is 12.1 Å². The molecule has 0 aliphatic rings. The molecule has 0 spiro atoms. The lowest BCUT2D eigenvalue weighted by Crippen LogP contribution is -2.33. The highest BCUT2D eigenvalue weighted by Crippen LogP contribution is 1.96. The molecular formula is C8H20ClN. The first kappa shape index (κ1) is 12.9. The summed E-state index contributed by atoms with van der Waals surface area (Å²) in [5.41, 5.74) is 0. The predicted molar refractivity (Wildman–Crippen MR) is 49.9 cm³/mol. The SMILES string of the molecule is CCC(CC)NC(C)C.Cl. The van der Waals surface area contributed by atoms with Gasteiger partial charge >= 0.3 is 0 Å². The quantitative estimate of drug-likeness (QED) is 0.676. The molecule has 1 nitrogen and oxygen atoms in total. The lowest BCUT2D eigenvalue weighted by molar-refractivity contribution is 0.441. The van der Waals surface area contributed by atoms with E-state index in [9.17, 15) is 0 Å². The Morgan fingerprint density at radius 1 is 1.10 bits per heavy atom. The molecule has 0 aromatic carbocycles. The van der Waals surface area contributed by atoms with Gasteiger partial charge in [0.25, 0.3) is 0 Å². The minimum absolute atomic E-state index is 0. The highest BCUT2D eigenvalue weighted by molar-refractivity contribution is 5.85. The smallest absolute Gasteiger partial charge is 0.00641 e. The predicted octanol–water partition coefficient (Wildman–Crippen LogP) is 2.59. The molecule has 0 saturated heterocycles. The van der Waals surface area contributed by atoms with E-state index < -0.39 is 0 Å². The summed E-state index contributed by atoms with van der Waals surface area (Å²) in [5, 5.41) is 3.48. The van der Waals surface area contributed by atoms with Crippen LogP contribution in [0.1, 0.15) is 40.5 Å². The number of hydrogen-bond donors (Lipinski definition) is 1. The van der Waals surface area contributed by atoms with Crippen LogP contribution in [0.3, 0.4) is 0 Å². The number of nitrogens with one attached hydrogen (secondary N) is 1. The zero-order valence-electron chi connectivity index (χ0n) is 7.48. The minimum atomic E-state index is 0. The van der Waals surface area contributed by atoms with Gasteiger partial charge in [-0.3, -0.25) is 0 Å². The molecule has 0 aliphatic heterocycles. The molecule has 0 unspecified atom stereocenters. The van der Waals surface area contributed by atoms with Crippen LogP contribution in [0.2, 0.25) is 0 Å². The Kier molecular flexibility index (Phi) is 9.48. The Labute approximate surface area is 71.0 Å². The molecule has 0 heterocycles. The molecule has 2 heteroatoms. The van der Waals surface area contributed by atoms with Crippen LogP contribution in [-0.2, 0) is 0 Å². The Balaban J connectivity index is 0. The molecule has 0 aliphatic carbocycles. The van der Waals surface area contributed by atoms with Gasteiger partial charge in [0.15, 0.2) is 0 Å². The largest absolute Gasteiger partial charge is 0.312 e. The van der Waals surface area contributed by atoms with Crippen LogP contribution in [0.25, 0.3) is 0 Å². The van der Waals surface area contributed by atoms with Crippen LogP contribution in [0.5, 0.6) is 0 Å². The monoisotopic (exact) mass is 165 g/mol. The van der Waals surface area contributed by atoms with Crippen molar-refractivity contribution >= 4 is 12.4 Å². The summed E-state index contributed by atoms with van der Waals surface area (Å²) in [4.78, 5) is 0. The van der Waals surface area contributed by atoms with E-state index in [4.69, 9.17) is 0 Å². The normalized spacial score (nSPS) is 10.2. The van der Waals surface area contributed by atoms with E-state index in [0.717, 1.165) is 6.04 Å². The fraction of sp³-hybridized carbons (Fsp3) is 1.00. The lowest BCUT2D eigenvalue weighted by atomic mass is 10.1. The summed E-state index contributed by atoms with van der Waals surface area (Å²) in [6.45, 7) is 8.84. The van der Waals surface area contributed by atoms with Crippen LogP contribution < -0.4 is 5.32 Å². The number of hydrogen-bond acceptors (Lipinski definition) is 1. The Hall–Kier alpha value is 0.250. The second kappa shape index (κ2) is 7.36. The average Bonchev–Trinajstić information content (AvgIpc) is 1.82. The molecule has 1 N–H and O–H groups in total. The van der Waals surface area contributed by atoms with Crippen LogP contribution >= 0.6 is 12.4 Å². The summed E-state index contributed by atoms with van der Waals surface area (Å²) in [6, 6.07) is 1.36. The maximum Gasteiger partial charge on any atom is 0.00641 e. The summed E-state index contributed by atoms with van der Waals surface area (Å²) >= 11 is 0. The first-order valence-corrected chi connectivity index (χ1v) is 3.96. The Morgan fingerprint density at radius 3 is 1.60 bits per heavy atom. The molecular weight excluding hydrogens is 146 g/mol. The fourth-order valence-electron chi connectivity index (χ4n) is 0.996. The molecule has 0 bridgehead atoms. The van der Waals surface area contributed by atoms with Gasteiger partial charge in [0.05, 0.1) is 0 Å². The maximum absolute atomic E-state index is 3.48. The van der Waals surface area contributed by atoms with Crippen molar-refractivity contribution in [1.29, 1.82) is 0 Å². The van der Waals surface area contributed by atoms with Gasteiger partial charge in [-0.2, -0.15) is 0 Å². The van der Waals surface area contributed by atoms with Gasteiger partial charge in [0.2, 0.25) is 0 Å². The molecule has 64 valence electrons. The summed E-state index contributed by atoms with van der Waals surface area (Å²) in [7, 11) is 0. The first-order valence-electron chi connectivity index (χ1n) is 3.96. The average molecular weight is 166 g/mol. The summed E-state index contributed by atoms with van der Waals surface area (Å²) in [6.07, 6.45) is 2.49. The number of rotatable bonds is 4. The van der Waals surface area contributed by atoms with E-state index in [0.29, 0.717) is 6.04 Å². The lowest BCUT2D eigenvalue weighted by Gasteiger charge is -2.17. The second-order valence-corrected chi connectivity index (χ2v) is 2.83. The van der Waals surface area contributed by atoms with E-state index in [1.807, 2.05) is 0 Å². The van der Waals surface area contributed by atoms with E-state index in [1.165, 1.54) is 12.8 Å². The van der Waals surface area contributed by atoms with Crippen molar-refractivity contribution in [3.8, 4) is 0 Å². The van der Waals surface area contributed by atoms with Gasteiger partial charge in [0.1, 0.15) is 0 Å². The van der Waals surface area contributed by atoms with Gasteiger partial charge in [-0.05, 0) is 12.8 Å². The number of halogens is 1. The van der Waals surface area contributed by atoms with E-state index in [1.54, 1.807) is 0 Å². The van der Waals surface area contributed by atoms with Crippen molar-refractivity contribution in [2.75, 3.05) is 0 Å². The van der Waals surface area contributed by atoms with E-state index in [-0.39, 0.29) is 12.4 Å². The highest BCUT2D eigenvalue weighted by Gasteiger charge is 2.02. The van der Waals surface area contributed by atoms with Gasteiger partial charge in [-0.15, -0.1) is 12.4 Å².